The van der Waals surface area contributed by atoms with Gasteiger partial charge in [-0.1, -0.05) is 45.9 Å². The minimum atomic E-state index is -4.83. The van der Waals surface area contributed by atoms with Crippen molar-refractivity contribution in [2.75, 3.05) is 0 Å². The van der Waals surface area contributed by atoms with Crippen molar-refractivity contribution >= 4 is 76.2 Å². The highest BCUT2D eigenvalue weighted by molar-refractivity contribution is 7.25. The Morgan fingerprint density at radius 2 is 1.00 bits per heavy atom. The second kappa shape index (κ2) is 6.12. The van der Waals surface area contributed by atoms with Gasteiger partial charge in [-0.05, 0) is 0 Å². The molecule has 0 bridgehead atoms. The zero-order chi connectivity index (χ0) is 21.6. The van der Waals surface area contributed by atoms with Crippen molar-refractivity contribution in [2.45, 2.75) is 12.4 Å². The Balaban J connectivity index is 1.91. The molecule has 0 fully saturated rings. The number of hydrogen-bond acceptors (Lipinski definition) is 8. The Hall–Kier alpha value is -2.30. The molecule has 30 heavy (non-hydrogen) atoms. The summed E-state index contributed by atoms with van der Waals surface area (Å²) in [5, 5.41) is 20.4. The highest BCUT2D eigenvalue weighted by atomic mass is 35.5. The van der Waals surface area contributed by atoms with Crippen LogP contribution in [0.3, 0.4) is 0 Å². The van der Waals surface area contributed by atoms with Crippen LogP contribution in [0, 0.1) is 0 Å². The fourth-order valence-corrected chi connectivity index (χ4v) is 5.16. The topological polar surface area (TPSA) is 86.2 Å². The first-order valence-corrected chi connectivity index (χ1v) is 9.75. The zero-order valence-electron chi connectivity index (χ0n) is 13.4. The molecular weight excluding hydrogens is 505 g/mol. The van der Waals surface area contributed by atoms with Gasteiger partial charge < -0.3 is 0 Å². The van der Waals surface area contributed by atoms with Crippen molar-refractivity contribution in [1.82, 2.24) is 39.6 Å². The molecule has 0 aliphatic rings. The molecule has 18 heteroatoms. The van der Waals surface area contributed by atoms with E-state index in [0.29, 0.717) is 31.7 Å². The van der Waals surface area contributed by atoms with E-state index >= 15 is 0 Å². The molecule has 156 valence electrons. The molecule has 0 radical (unpaired) electrons. The van der Waals surface area contributed by atoms with Crippen LogP contribution in [0.1, 0.15) is 11.6 Å². The van der Waals surface area contributed by atoms with Crippen LogP contribution in [-0.2, 0) is 12.4 Å². The molecule has 0 saturated heterocycles. The lowest BCUT2D eigenvalue weighted by atomic mass is 10.3. The number of hydrogen-bond donors (Lipinski definition) is 0. The van der Waals surface area contributed by atoms with Gasteiger partial charge in [0.05, 0.1) is 19.4 Å². The van der Waals surface area contributed by atoms with Gasteiger partial charge in [-0.25, -0.2) is 0 Å². The van der Waals surface area contributed by atoms with Gasteiger partial charge in [0.2, 0.25) is 9.92 Å². The summed E-state index contributed by atoms with van der Waals surface area (Å²) in [7, 11) is 0. The van der Waals surface area contributed by atoms with Crippen LogP contribution in [0.5, 0.6) is 0 Å². The van der Waals surface area contributed by atoms with Crippen LogP contribution in [0.2, 0.25) is 10.0 Å². The number of aromatic nitrogens is 8. The van der Waals surface area contributed by atoms with Gasteiger partial charge in [-0.15, -0.1) is 20.4 Å². The number of fused-ring (bicyclic) bond motifs is 4. The molecule has 0 atom stereocenters. The first-order valence-electron chi connectivity index (χ1n) is 7.36. The molecule has 4 heterocycles. The van der Waals surface area contributed by atoms with Crippen LogP contribution in [0.15, 0.2) is 0 Å². The van der Waals surface area contributed by atoms with E-state index in [1.807, 2.05) is 0 Å². The summed E-state index contributed by atoms with van der Waals surface area (Å²) < 4.78 is 79.8. The summed E-state index contributed by atoms with van der Waals surface area (Å²) in [5.41, 5.74) is -0.259. The van der Waals surface area contributed by atoms with Gasteiger partial charge in [0.25, 0.3) is 11.6 Å². The Kier molecular flexibility index (Phi) is 4.01. The molecule has 0 unspecified atom stereocenters. The van der Waals surface area contributed by atoms with E-state index < -0.39 is 24.0 Å². The number of halogens is 8. The third-order valence-electron chi connectivity index (χ3n) is 3.76. The van der Waals surface area contributed by atoms with Gasteiger partial charge >= 0.3 is 12.4 Å². The molecule has 0 aliphatic carbocycles. The molecular formula is C12Cl2F6N8S2. The Morgan fingerprint density at radius 1 is 0.633 bits per heavy atom. The Morgan fingerprint density at radius 3 is 1.33 bits per heavy atom. The van der Waals surface area contributed by atoms with Gasteiger partial charge in [0, 0.05) is 0 Å². The van der Waals surface area contributed by atoms with Crippen molar-refractivity contribution in [1.29, 1.82) is 0 Å². The first kappa shape index (κ1) is 19.7. The van der Waals surface area contributed by atoms with Gasteiger partial charge in [-0.3, -0.25) is 0 Å². The Labute approximate surface area is 176 Å². The van der Waals surface area contributed by atoms with E-state index in [2.05, 4.69) is 30.6 Å². The van der Waals surface area contributed by atoms with Crippen LogP contribution in [0.25, 0.3) is 30.4 Å². The van der Waals surface area contributed by atoms with Gasteiger partial charge in [0.1, 0.15) is 11.0 Å². The van der Waals surface area contributed by atoms with Crippen molar-refractivity contribution in [3.05, 3.63) is 21.7 Å². The maximum atomic E-state index is 13.1. The zero-order valence-corrected chi connectivity index (χ0v) is 16.6. The number of nitrogens with zero attached hydrogens (tertiary/aromatic N) is 8. The van der Waals surface area contributed by atoms with Crippen LogP contribution in [-0.4, -0.2) is 39.6 Å². The van der Waals surface area contributed by atoms with Crippen LogP contribution in [0.4, 0.5) is 26.3 Å². The predicted octanol–water partition coefficient (Wildman–Crippen LogP) is 4.90. The van der Waals surface area contributed by atoms with E-state index in [0.717, 1.165) is 0 Å². The third-order valence-corrected chi connectivity index (χ3v) is 6.80. The van der Waals surface area contributed by atoms with E-state index in [1.54, 1.807) is 0 Å². The number of alkyl halides is 6. The molecule has 0 saturated carbocycles. The molecule has 0 N–H and O–H groups in total. The Bertz CT molecular complexity index is 1400. The second-order valence-electron chi connectivity index (χ2n) is 5.62. The van der Waals surface area contributed by atoms with Gasteiger partial charge in [-0.2, -0.15) is 45.6 Å². The molecule has 1 aromatic carbocycles. The quantitative estimate of drug-likeness (QED) is 0.220. The van der Waals surface area contributed by atoms with Crippen molar-refractivity contribution in [2.24, 2.45) is 0 Å². The summed E-state index contributed by atoms with van der Waals surface area (Å²) in [6.07, 6.45) is -9.66. The molecule has 4 aromatic heterocycles. The standard InChI is InChI=1S/C12Cl2F6N8S2/c13-1-3-6(30-10-24-21-7(11(15,16)17)27(10)25-3)2(14)4-5(1)29-9-23-22-8(12(18,19)20)28(9)26-4. The highest BCUT2D eigenvalue weighted by Crippen LogP contribution is 2.42. The molecule has 0 aliphatic heterocycles. The molecule has 0 spiro atoms. The fourth-order valence-electron chi connectivity index (χ4n) is 2.56. The maximum Gasteiger partial charge on any atom is 0.453 e. The van der Waals surface area contributed by atoms with E-state index in [1.165, 1.54) is 0 Å². The molecule has 5 aromatic rings. The van der Waals surface area contributed by atoms with Crippen LogP contribution >= 0.6 is 45.9 Å². The molecule has 8 nitrogen and oxygen atoms in total. The van der Waals surface area contributed by atoms with E-state index in [-0.39, 0.29) is 40.4 Å². The summed E-state index contributed by atoms with van der Waals surface area (Å²) in [5.74, 6) is -2.74. The summed E-state index contributed by atoms with van der Waals surface area (Å²) in [6, 6.07) is 0. The van der Waals surface area contributed by atoms with E-state index in [9.17, 15) is 26.3 Å². The average molecular weight is 505 g/mol. The normalized spacial score (nSPS) is 13.3. The van der Waals surface area contributed by atoms with Crippen molar-refractivity contribution in [3.63, 3.8) is 0 Å². The third kappa shape index (κ3) is 2.74. The maximum absolute atomic E-state index is 13.1. The average Bonchev–Trinajstić information content (AvgIpc) is 3.26. The predicted molar refractivity (Wildman–Crippen MR) is 94.7 cm³/mol. The van der Waals surface area contributed by atoms with Crippen molar-refractivity contribution < 1.29 is 26.3 Å². The number of rotatable bonds is 0. The first-order chi connectivity index (χ1) is 14.0. The van der Waals surface area contributed by atoms with Crippen molar-refractivity contribution in [3.8, 4) is 0 Å². The molecule has 0 amide bonds. The van der Waals surface area contributed by atoms with Crippen LogP contribution < -0.4 is 0 Å². The number of benzene rings is 1. The summed E-state index contributed by atoms with van der Waals surface area (Å²) in [4.78, 5) is -0.505. The largest absolute Gasteiger partial charge is 0.453 e. The van der Waals surface area contributed by atoms with Gasteiger partial charge in [0.15, 0.2) is 0 Å². The highest BCUT2D eigenvalue weighted by Gasteiger charge is 2.39. The minimum absolute atomic E-state index is 0.0727. The summed E-state index contributed by atoms with van der Waals surface area (Å²) in [6.45, 7) is 0. The monoisotopic (exact) mass is 504 g/mol. The van der Waals surface area contributed by atoms with E-state index in [4.69, 9.17) is 23.2 Å². The lowest BCUT2D eigenvalue weighted by molar-refractivity contribution is -0.147. The lowest BCUT2D eigenvalue weighted by Gasteiger charge is -2.09. The smallest absolute Gasteiger partial charge is 0.179 e. The molecule has 5 rings (SSSR count). The minimum Gasteiger partial charge on any atom is -0.179 e. The second-order valence-corrected chi connectivity index (χ2v) is 8.33. The fraction of sp³-hybridized carbons (Fsp3) is 0.167. The lowest BCUT2D eigenvalue weighted by Crippen LogP contribution is -2.12. The SMILES string of the molecule is FC(F)(F)c1nnc2sc3c(Cl)c4nn5c(C(F)(F)F)nnc5sc4c(Cl)c3nn12. The summed E-state index contributed by atoms with van der Waals surface area (Å²) >= 11 is 14.0.